The summed E-state index contributed by atoms with van der Waals surface area (Å²) in [5.41, 5.74) is 7.84. The molecule has 0 radical (unpaired) electrons. The second-order valence-electron chi connectivity index (χ2n) is 5.28. The third-order valence-corrected chi connectivity index (χ3v) is 3.32. The molecule has 0 saturated carbocycles. The minimum Gasteiger partial charge on any atom is -0.483 e. The van der Waals surface area contributed by atoms with Crippen LogP contribution in [0.15, 0.2) is 36.4 Å². The summed E-state index contributed by atoms with van der Waals surface area (Å²) in [7, 11) is 0. The molecule has 0 fully saturated rings. The Hall–Kier alpha value is -1.94. The molecule has 0 aliphatic carbocycles. The molecule has 0 atom stereocenters. The Morgan fingerprint density at radius 3 is 2.05 bits per heavy atom. The smallest absolute Gasteiger partial charge is 0.191 e. The second-order valence-corrected chi connectivity index (χ2v) is 5.28. The van der Waals surface area contributed by atoms with E-state index in [-0.39, 0.29) is 18.9 Å². The first kappa shape index (κ1) is 15.4. The first-order valence-corrected chi connectivity index (χ1v) is 6.91. The van der Waals surface area contributed by atoms with Crippen molar-refractivity contribution in [1.82, 2.24) is 0 Å². The molecule has 0 saturated heterocycles. The Kier molecular flexibility index (Phi) is 4.91. The van der Waals surface area contributed by atoms with Crippen molar-refractivity contribution >= 4 is 0 Å². The monoisotopic (exact) mass is 291 g/mol. The zero-order valence-corrected chi connectivity index (χ0v) is 12.2. The van der Waals surface area contributed by atoms with Crippen LogP contribution in [0.2, 0.25) is 0 Å². The predicted octanol–water partition coefficient (Wildman–Crippen LogP) is 4.13. The third kappa shape index (κ3) is 3.79. The molecular formula is C17H19F2NO. The average molecular weight is 291 g/mol. The van der Waals surface area contributed by atoms with Crippen LogP contribution in [0.3, 0.4) is 0 Å². The number of ether oxygens (including phenoxy) is 1. The van der Waals surface area contributed by atoms with Crippen LogP contribution in [0.4, 0.5) is 8.78 Å². The van der Waals surface area contributed by atoms with Crippen LogP contribution >= 0.6 is 0 Å². The molecule has 2 aromatic rings. The fraction of sp³-hybridized carbons (Fsp3) is 0.294. The highest BCUT2D eigenvalue weighted by Crippen LogP contribution is 2.24. The Bertz CT molecular complexity index is 586. The van der Waals surface area contributed by atoms with E-state index in [2.05, 4.69) is 13.8 Å². The van der Waals surface area contributed by atoms with E-state index >= 15 is 0 Å². The molecule has 0 heterocycles. The molecule has 21 heavy (non-hydrogen) atoms. The average Bonchev–Trinajstić information content (AvgIpc) is 2.46. The lowest BCUT2D eigenvalue weighted by Gasteiger charge is -2.11. The van der Waals surface area contributed by atoms with Crippen LogP contribution in [-0.4, -0.2) is 0 Å². The van der Waals surface area contributed by atoms with Gasteiger partial charge in [0.05, 0.1) is 0 Å². The lowest BCUT2D eigenvalue weighted by Crippen LogP contribution is -2.03. The van der Waals surface area contributed by atoms with Gasteiger partial charge in [-0.05, 0) is 34.7 Å². The van der Waals surface area contributed by atoms with Crippen LogP contribution in [0.1, 0.15) is 36.5 Å². The fourth-order valence-electron chi connectivity index (χ4n) is 2.02. The van der Waals surface area contributed by atoms with Gasteiger partial charge in [0.1, 0.15) is 6.61 Å². The van der Waals surface area contributed by atoms with Crippen molar-refractivity contribution < 1.29 is 13.5 Å². The van der Waals surface area contributed by atoms with Crippen LogP contribution in [0, 0.1) is 11.6 Å². The van der Waals surface area contributed by atoms with E-state index in [1.807, 2.05) is 24.3 Å². The maximum absolute atomic E-state index is 13.8. The molecule has 0 spiro atoms. The van der Waals surface area contributed by atoms with E-state index < -0.39 is 11.6 Å². The maximum atomic E-state index is 13.8. The van der Waals surface area contributed by atoms with Crippen LogP contribution in [0.25, 0.3) is 0 Å². The minimum absolute atomic E-state index is 0.0881. The number of benzene rings is 2. The molecular weight excluding hydrogens is 272 g/mol. The van der Waals surface area contributed by atoms with Crippen molar-refractivity contribution in [3.05, 3.63) is 64.7 Å². The van der Waals surface area contributed by atoms with Gasteiger partial charge < -0.3 is 10.5 Å². The topological polar surface area (TPSA) is 35.2 Å². The zero-order chi connectivity index (χ0) is 15.4. The second kappa shape index (κ2) is 6.68. The minimum atomic E-state index is -0.728. The summed E-state index contributed by atoms with van der Waals surface area (Å²) < 4.78 is 32.8. The largest absolute Gasteiger partial charge is 0.483 e. The van der Waals surface area contributed by atoms with Gasteiger partial charge in [-0.3, -0.25) is 0 Å². The van der Waals surface area contributed by atoms with E-state index in [0.717, 1.165) is 5.56 Å². The van der Waals surface area contributed by atoms with Gasteiger partial charge in [-0.2, -0.15) is 0 Å². The van der Waals surface area contributed by atoms with Crippen molar-refractivity contribution in [2.75, 3.05) is 0 Å². The summed E-state index contributed by atoms with van der Waals surface area (Å²) in [5, 5.41) is 0. The molecule has 2 N–H and O–H groups in total. The van der Waals surface area contributed by atoms with Crippen LogP contribution in [0.5, 0.6) is 5.75 Å². The van der Waals surface area contributed by atoms with Crippen molar-refractivity contribution in [3.63, 3.8) is 0 Å². The van der Waals surface area contributed by atoms with E-state index in [1.54, 1.807) is 0 Å². The highest BCUT2D eigenvalue weighted by Gasteiger charge is 2.12. The molecule has 0 bridgehead atoms. The molecule has 112 valence electrons. The van der Waals surface area contributed by atoms with Gasteiger partial charge >= 0.3 is 0 Å². The van der Waals surface area contributed by atoms with Crippen LogP contribution < -0.4 is 10.5 Å². The van der Waals surface area contributed by atoms with Crippen LogP contribution in [-0.2, 0) is 13.2 Å². The number of hydrogen-bond donors (Lipinski definition) is 1. The predicted molar refractivity (Wildman–Crippen MR) is 79.1 cm³/mol. The van der Waals surface area contributed by atoms with E-state index in [1.165, 1.54) is 17.7 Å². The zero-order valence-electron chi connectivity index (χ0n) is 12.2. The molecule has 0 aliphatic heterocycles. The quantitative estimate of drug-likeness (QED) is 0.899. The Labute approximate surface area is 123 Å². The highest BCUT2D eigenvalue weighted by molar-refractivity contribution is 5.32. The van der Waals surface area contributed by atoms with Gasteiger partial charge in [-0.1, -0.05) is 38.1 Å². The van der Waals surface area contributed by atoms with Crippen molar-refractivity contribution in [1.29, 1.82) is 0 Å². The lowest BCUT2D eigenvalue weighted by molar-refractivity contribution is 0.274. The molecule has 2 nitrogen and oxygen atoms in total. The summed E-state index contributed by atoms with van der Waals surface area (Å²) in [5.74, 6) is -1.37. The standard InChI is InChI=1S/C17H19F2NO/c1-11(2)14-5-3-12(4-6-14)10-21-17-15(18)7-13(9-20)8-16(17)19/h3-8,11H,9-10,20H2,1-2H3. The van der Waals surface area contributed by atoms with Crippen molar-refractivity contribution in [2.45, 2.75) is 32.9 Å². The first-order chi connectivity index (χ1) is 10.0. The number of nitrogens with two attached hydrogens (primary N) is 1. The van der Waals surface area contributed by atoms with Gasteiger partial charge in [0.25, 0.3) is 0 Å². The van der Waals surface area contributed by atoms with Gasteiger partial charge in [-0.25, -0.2) is 8.78 Å². The summed E-state index contributed by atoms with van der Waals surface area (Å²) in [6.45, 7) is 4.42. The first-order valence-electron chi connectivity index (χ1n) is 6.91. The van der Waals surface area contributed by atoms with Crippen molar-refractivity contribution in [3.8, 4) is 5.75 Å². The van der Waals surface area contributed by atoms with Gasteiger partial charge in [-0.15, -0.1) is 0 Å². The lowest BCUT2D eigenvalue weighted by atomic mass is 10.0. The number of halogens is 2. The Morgan fingerprint density at radius 2 is 1.57 bits per heavy atom. The molecule has 2 aromatic carbocycles. The molecule has 2 rings (SSSR count). The highest BCUT2D eigenvalue weighted by atomic mass is 19.1. The number of hydrogen-bond acceptors (Lipinski definition) is 2. The normalized spacial score (nSPS) is 11.0. The maximum Gasteiger partial charge on any atom is 0.191 e. The number of rotatable bonds is 5. The van der Waals surface area contributed by atoms with Gasteiger partial charge in [0.2, 0.25) is 0 Å². The molecule has 4 heteroatoms. The Morgan fingerprint density at radius 1 is 1.00 bits per heavy atom. The van der Waals surface area contributed by atoms with E-state index in [4.69, 9.17) is 10.5 Å². The molecule has 0 amide bonds. The summed E-state index contributed by atoms with van der Waals surface area (Å²) in [4.78, 5) is 0. The third-order valence-electron chi connectivity index (χ3n) is 3.32. The van der Waals surface area contributed by atoms with Gasteiger partial charge in [0.15, 0.2) is 17.4 Å². The Balaban J connectivity index is 2.09. The van der Waals surface area contributed by atoms with E-state index in [9.17, 15) is 8.78 Å². The fourth-order valence-corrected chi connectivity index (χ4v) is 2.02. The van der Waals surface area contributed by atoms with Crippen molar-refractivity contribution in [2.24, 2.45) is 5.73 Å². The molecule has 0 aromatic heterocycles. The van der Waals surface area contributed by atoms with E-state index in [0.29, 0.717) is 11.5 Å². The summed E-state index contributed by atoms with van der Waals surface area (Å²) in [6, 6.07) is 10.2. The molecule has 0 aliphatic rings. The summed E-state index contributed by atoms with van der Waals surface area (Å²) in [6.07, 6.45) is 0. The molecule has 0 unspecified atom stereocenters. The summed E-state index contributed by atoms with van der Waals surface area (Å²) >= 11 is 0. The van der Waals surface area contributed by atoms with Gasteiger partial charge in [0, 0.05) is 6.54 Å². The SMILES string of the molecule is CC(C)c1ccc(COc2c(F)cc(CN)cc2F)cc1.